The van der Waals surface area contributed by atoms with Crippen LogP contribution in [0.4, 0.5) is 17.6 Å². The largest absolute Gasteiger partial charge is 0.491 e. The number of fused-ring (bicyclic) bond motifs is 1. The Balaban J connectivity index is 1.93. The maximum atomic E-state index is 14.5. The van der Waals surface area contributed by atoms with Gasteiger partial charge in [-0.3, -0.25) is 4.90 Å². The third kappa shape index (κ3) is 4.22. The quantitative estimate of drug-likeness (QED) is 0.415. The third-order valence-corrected chi connectivity index (χ3v) is 6.92. The minimum absolute atomic E-state index is 0.183. The number of esters is 1. The van der Waals surface area contributed by atoms with Gasteiger partial charge in [-0.05, 0) is 55.8 Å². The van der Waals surface area contributed by atoms with E-state index >= 15 is 0 Å². The van der Waals surface area contributed by atoms with Crippen LogP contribution in [0.1, 0.15) is 18.4 Å². The summed E-state index contributed by atoms with van der Waals surface area (Å²) >= 11 is 0. The van der Waals surface area contributed by atoms with Gasteiger partial charge < -0.3 is 4.74 Å². The molecular formula is C21H18F4N2O4S. The molecule has 11 heteroatoms. The van der Waals surface area contributed by atoms with E-state index in [9.17, 15) is 30.8 Å². The lowest BCUT2D eigenvalue weighted by atomic mass is 10.1. The fourth-order valence-corrected chi connectivity index (χ4v) is 5.22. The number of hydrogen-bond donors (Lipinski definition) is 0. The van der Waals surface area contributed by atoms with Gasteiger partial charge in [0.05, 0.1) is 10.4 Å². The lowest BCUT2D eigenvalue weighted by molar-refractivity contribution is -0.190. The van der Waals surface area contributed by atoms with E-state index in [0.717, 1.165) is 38.1 Å². The summed E-state index contributed by atoms with van der Waals surface area (Å²) in [6.07, 6.45) is -3.44. The van der Waals surface area contributed by atoms with Gasteiger partial charge in [0.1, 0.15) is 5.82 Å². The average molecular weight is 470 g/mol. The molecule has 2 heterocycles. The van der Waals surface area contributed by atoms with E-state index in [-0.39, 0.29) is 22.3 Å². The molecule has 0 bridgehead atoms. The predicted octanol–water partition coefficient (Wildman–Crippen LogP) is 4.08. The van der Waals surface area contributed by atoms with Crippen LogP contribution >= 0.6 is 0 Å². The number of hydrogen-bond acceptors (Lipinski definition) is 5. The highest BCUT2D eigenvalue weighted by Crippen LogP contribution is 2.35. The molecule has 32 heavy (non-hydrogen) atoms. The Morgan fingerprint density at radius 2 is 1.69 bits per heavy atom. The highest BCUT2D eigenvalue weighted by Gasteiger charge is 2.42. The van der Waals surface area contributed by atoms with E-state index in [1.54, 1.807) is 6.07 Å². The molecule has 0 unspecified atom stereocenters. The number of ether oxygens (including phenoxy) is 1. The Hall–Kier alpha value is -2.92. The number of carbonyl (C=O) groups excluding carboxylic acids is 1. The second kappa shape index (κ2) is 8.21. The van der Waals surface area contributed by atoms with Gasteiger partial charge in [0.2, 0.25) is 5.88 Å². The molecular weight excluding hydrogens is 452 g/mol. The van der Waals surface area contributed by atoms with Crippen LogP contribution < -0.4 is 4.74 Å². The van der Waals surface area contributed by atoms with Crippen molar-refractivity contribution in [3.05, 3.63) is 59.9 Å². The molecule has 0 N–H and O–H groups in total. The van der Waals surface area contributed by atoms with E-state index in [2.05, 4.69) is 4.74 Å². The molecule has 3 aromatic rings. The van der Waals surface area contributed by atoms with Crippen LogP contribution in [0.5, 0.6) is 5.88 Å². The van der Waals surface area contributed by atoms with Gasteiger partial charge in [0, 0.05) is 18.0 Å². The molecule has 0 amide bonds. The molecule has 1 fully saturated rings. The molecule has 1 saturated heterocycles. The molecule has 0 atom stereocenters. The van der Waals surface area contributed by atoms with E-state index < -0.39 is 33.9 Å². The Kier molecular flexibility index (Phi) is 5.72. The van der Waals surface area contributed by atoms with Crippen molar-refractivity contribution in [3.63, 3.8) is 0 Å². The molecule has 2 aromatic carbocycles. The maximum absolute atomic E-state index is 14.5. The van der Waals surface area contributed by atoms with Crippen molar-refractivity contribution in [2.24, 2.45) is 0 Å². The molecule has 0 aliphatic carbocycles. The van der Waals surface area contributed by atoms with Crippen LogP contribution in [-0.4, -0.2) is 42.5 Å². The van der Waals surface area contributed by atoms with Crippen molar-refractivity contribution in [3.8, 4) is 5.88 Å². The fourth-order valence-electron chi connectivity index (χ4n) is 3.78. The SMILES string of the molecule is O=C(Oc1cc2c(CN3CCCC3)cc(F)cc2n1S(=O)(=O)c1ccccc1)C(F)(F)F. The van der Waals surface area contributed by atoms with Crippen LogP contribution in [0.25, 0.3) is 10.9 Å². The van der Waals surface area contributed by atoms with Gasteiger partial charge >= 0.3 is 12.1 Å². The first-order valence-corrected chi connectivity index (χ1v) is 11.2. The summed E-state index contributed by atoms with van der Waals surface area (Å²) in [6.45, 7) is 1.80. The minimum atomic E-state index is -5.35. The van der Waals surface area contributed by atoms with Crippen molar-refractivity contribution in [1.82, 2.24) is 8.87 Å². The standard InChI is InChI=1S/C21H18F4N2O4S/c22-15-10-14(13-26-8-4-5-9-26)17-12-19(31-20(28)21(23,24)25)27(18(17)11-15)32(29,30)16-6-2-1-3-7-16/h1-3,6-7,10-12H,4-5,8-9,13H2. The van der Waals surface area contributed by atoms with E-state index in [0.29, 0.717) is 9.54 Å². The van der Waals surface area contributed by atoms with Crippen LogP contribution in [0, 0.1) is 5.82 Å². The van der Waals surface area contributed by atoms with Crippen LogP contribution in [0.3, 0.4) is 0 Å². The van der Waals surface area contributed by atoms with Gasteiger partial charge in [0.25, 0.3) is 10.0 Å². The number of likely N-dealkylation sites (tertiary alicyclic amines) is 1. The smallest absolute Gasteiger partial charge is 0.402 e. The number of halogens is 4. The van der Waals surface area contributed by atoms with Gasteiger partial charge in [0.15, 0.2) is 0 Å². The first-order chi connectivity index (χ1) is 15.1. The molecule has 4 rings (SSSR count). The van der Waals surface area contributed by atoms with Crippen LogP contribution in [0.15, 0.2) is 53.4 Å². The van der Waals surface area contributed by atoms with Crippen molar-refractivity contribution in [2.45, 2.75) is 30.5 Å². The molecule has 1 aliphatic heterocycles. The van der Waals surface area contributed by atoms with Crippen molar-refractivity contribution < 1.29 is 35.5 Å². The number of benzene rings is 2. The number of aromatic nitrogens is 1. The topological polar surface area (TPSA) is 68.6 Å². The van der Waals surface area contributed by atoms with Gasteiger partial charge in [-0.1, -0.05) is 18.2 Å². The number of carbonyl (C=O) groups is 1. The summed E-state index contributed by atoms with van der Waals surface area (Å²) < 4.78 is 84.5. The summed E-state index contributed by atoms with van der Waals surface area (Å²) in [5, 5.41) is 0.183. The summed E-state index contributed by atoms with van der Waals surface area (Å²) in [4.78, 5) is 13.3. The highest BCUT2D eigenvalue weighted by atomic mass is 32.2. The Morgan fingerprint density at radius 3 is 2.31 bits per heavy atom. The van der Waals surface area contributed by atoms with Gasteiger partial charge in [-0.25, -0.2) is 21.6 Å². The molecule has 0 spiro atoms. The van der Waals surface area contributed by atoms with Crippen molar-refractivity contribution >= 4 is 26.9 Å². The maximum Gasteiger partial charge on any atom is 0.491 e. The zero-order valence-electron chi connectivity index (χ0n) is 16.6. The van der Waals surface area contributed by atoms with Crippen molar-refractivity contribution in [1.29, 1.82) is 0 Å². The van der Waals surface area contributed by atoms with E-state index in [4.69, 9.17) is 0 Å². The molecule has 170 valence electrons. The Morgan fingerprint density at radius 1 is 1.03 bits per heavy atom. The molecule has 6 nitrogen and oxygen atoms in total. The first kappa shape index (κ1) is 22.3. The lowest BCUT2D eigenvalue weighted by Crippen LogP contribution is -2.29. The Labute approximate surface area is 181 Å². The minimum Gasteiger partial charge on any atom is -0.402 e. The average Bonchev–Trinajstić information content (AvgIpc) is 3.35. The second-order valence-electron chi connectivity index (χ2n) is 7.43. The summed E-state index contributed by atoms with van der Waals surface area (Å²) in [6, 6.07) is 10.0. The normalized spacial score (nSPS) is 15.4. The highest BCUT2D eigenvalue weighted by molar-refractivity contribution is 7.90. The number of alkyl halides is 3. The first-order valence-electron chi connectivity index (χ1n) is 9.73. The lowest BCUT2D eigenvalue weighted by Gasteiger charge is -2.16. The summed E-state index contributed by atoms with van der Waals surface area (Å²) in [5.41, 5.74) is 0.168. The second-order valence-corrected chi connectivity index (χ2v) is 9.22. The van der Waals surface area contributed by atoms with Gasteiger partial charge in [-0.2, -0.15) is 13.2 Å². The van der Waals surface area contributed by atoms with Crippen LogP contribution in [-0.2, 0) is 21.4 Å². The number of rotatable bonds is 5. The molecule has 1 aromatic heterocycles. The monoisotopic (exact) mass is 470 g/mol. The van der Waals surface area contributed by atoms with Crippen LogP contribution in [0.2, 0.25) is 0 Å². The zero-order valence-corrected chi connectivity index (χ0v) is 17.4. The molecule has 0 radical (unpaired) electrons. The van der Waals surface area contributed by atoms with Gasteiger partial charge in [-0.15, -0.1) is 0 Å². The molecule has 0 saturated carbocycles. The Bertz CT molecular complexity index is 1260. The van der Waals surface area contributed by atoms with E-state index in [1.165, 1.54) is 30.3 Å². The van der Waals surface area contributed by atoms with Crippen molar-refractivity contribution in [2.75, 3.05) is 13.1 Å². The zero-order chi connectivity index (χ0) is 23.1. The summed E-state index contributed by atoms with van der Waals surface area (Å²) in [5.74, 6) is -4.20. The van der Waals surface area contributed by atoms with E-state index in [1.807, 2.05) is 4.90 Å². The molecule has 1 aliphatic rings. The predicted molar refractivity (Wildman–Crippen MR) is 107 cm³/mol. The fraction of sp³-hybridized carbons (Fsp3) is 0.286. The third-order valence-electron chi connectivity index (χ3n) is 5.20. The summed E-state index contributed by atoms with van der Waals surface area (Å²) in [7, 11) is -4.51. The number of nitrogens with zero attached hydrogens (tertiary/aromatic N) is 2.